The van der Waals surface area contributed by atoms with Crippen molar-refractivity contribution in [3.63, 3.8) is 0 Å². The number of nitrogens with zero attached hydrogens (tertiary/aromatic N) is 4. The third kappa shape index (κ3) is 4.11. The van der Waals surface area contributed by atoms with Crippen LogP contribution in [0.1, 0.15) is 25.8 Å². The van der Waals surface area contributed by atoms with Crippen molar-refractivity contribution in [2.45, 2.75) is 26.4 Å². The number of carbonyl (C=O) groups excluding carboxylic acids is 1. The van der Waals surface area contributed by atoms with Crippen LogP contribution < -0.4 is 9.64 Å². The van der Waals surface area contributed by atoms with Crippen molar-refractivity contribution < 1.29 is 9.53 Å². The summed E-state index contributed by atoms with van der Waals surface area (Å²) in [6.45, 7) is 10.5. The van der Waals surface area contributed by atoms with E-state index in [0.717, 1.165) is 47.3 Å². The third-order valence-electron chi connectivity index (χ3n) is 6.84. The Labute approximate surface area is 210 Å². The molecule has 0 aliphatic carbocycles. The van der Waals surface area contributed by atoms with Gasteiger partial charge in [-0.25, -0.2) is 4.98 Å². The van der Waals surface area contributed by atoms with Crippen LogP contribution in [0.4, 0.5) is 5.82 Å². The van der Waals surface area contributed by atoms with Crippen LogP contribution in [0, 0.1) is 16.7 Å². The van der Waals surface area contributed by atoms with Crippen molar-refractivity contribution in [3.8, 4) is 22.9 Å². The quantitative estimate of drug-likeness (QED) is 0.449. The zero-order valence-electron chi connectivity index (χ0n) is 19.9. The highest BCUT2D eigenvalue weighted by molar-refractivity contribution is 6.34. The Kier molecular flexibility index (Phi) is 5.90. The predicted molar refractivity (Wildman–Crippen MR) is 139 cm³/mol. The second kappa shape index (κ2) is 8.90. The molecule has 0 bridgehead atoms. The first-order chi connectivity index (χ1) is 16.8. The molecule has 0 radical (unpaired) electrons. The summed E-state index contributed by atoms with van der Waals surface area (Å²) in [7, 11) is 0. The van der Waals surface area contributed by atoms with E-state index in [4.69, 9.17) is 21.3 Å². The molecule has 0 N–H and O–H groups in total. The lowest BCUT2D eigenvalue weighted by molar-refractivity contribution is -0.136. The molecule has 3 heterocycles. The van der Waals surface area contributed by atoms with Gasteiger partial charge in [0, 0.05) is 59.2 Å². The van der Waals surface area contributed by atoms with Crippen molar-refractivity contribution in [2.24, 2.45) is 5.41 Å². The van der Waals surface area contributed by atoms with E-state index >= 15 is 0 Å². The van der Waals surface area contributed by atoms with Crippen LogP contribution >= 0.6 is 11.6 Å². The Morgan fingerprint density at radius 1 is 1.26 bits per heavy atom. The molecule has 2 aromatic carbocycles. The number of hydrogen-bond acceptors (Lipinski definition) is 5. The van der Waals surface area contributed by atoms with E-state index in [2.05, 4.69) is 17.5 Å². The number of anilines is 1. The number of hydrogen-bond donors (Lipinski definition) is 0. The van der Waals surface area contributed by atoms with Gasteiger partial charge in [0.2, 0.25) is 5.91 Å². The molecule has 0 saturated carbocycles. The number of amides is 1. The van der Waals surface area contributed by atoms with Crippen LogP contribution in [0.3, 0.4) is 0 Å². The minimum atomic E-state index is -0.0330. The minimum Gasteiger partial charge on any atom is -0.491 e. The highest BCUT2D eigenvalue weighted by atomic mass is 35.5. The van der Waals surface area contributed by atoms with Gasteiger partial charge in [-0.3, -0.25) is 4.79 Å². The highest BCUT2D eigenvalue weighted by Crippen LogP contribution is 2.45. The highest BCUT2D eigenvalue weighted by Gasteiger charge is 2.49. The molecule has 1 aromatic heterocycles. The number of carbonyl (C=O) groups is 1. The molecule has 6 nitrogen and oxygen atoms in total. The SMILES string of the molecule is C=CC(=O)N1CC2(CCN(c3nc4cc(OC(C)C)ccc4c(-c4ccccc4Cl)c3C#N)C2)C1. The van der Waals surface area contributed by atoms with Crippen molar-refractivity contribution in [2.75, 3.05) is 31.1 Å². The first-order valence-electron chi connectivity index (χ1n) is 11.8. The number of likely N-dealkylation sites (tertiary alicyclic amines) is 1. The average Bonchev–Trinajstić information content (AvgIpc) is 3.27. The summed E-state index contributed by atoms with van der Waals surface area (Å²) in [5, 5.41) is 11.8. The Balaban J connectivity index is 1.62. The summed E-state index contributed by atoms with van der Waals surface area (Å²) in [6, 6.07) is 15.8. The van der Waals surface area contributed by atoms with Gasteiger partial charge >= 0.3 is 0 Å². The Morgan fingerprint density at radius 3 is 2.71 bits per heavy atom. The lowest BCUT2D eigenvalue weighted by Gasteiger charge is -2.47. The van der Waals surface area contributed by atoms with E-state index in [1.807, 2.05) is 61.2 Å². The molecule has 3 aromatic rings. The lowest BCUT2D eigenvalue weighted by Crippen LogP contribution is -2.59. The topological polar surface area (TPSA) is 69.5 Å². The van der Waals surface area contributed by atoms with E-state index < -0.39 is 0 Å². The van der Waals surface area contributed by atoms with Gasteiger partial charge in [0.25, 0.3) is 0 Å². The summed E-state index contributed by atoms with van der Waals surface area (Å²) in [4.78, 5) is 21.0. The number of nitriles is 1. The third-order valence-corrected chi connectivity index (χ3v) is 7.17. The van der Waals surface area contributed by atoms with Gasteiger partial charge in [0.1, 0.15) is 23.2 Å². The van der Waals surface area contributed by atoms with Gasteiger partial charge in [0.15, 0.2) is 0 Å². The summed E-state index contributed by atoms with van der Waals surface area (Å²) >= 11 is 6.62. The smallest absolute Gasteiger partial charge is 0.245 e. The fourth-order valence-electron chi connectivity index (χ4n) is 5.28. The molecule has 0 atom stereocenters. The number of pyridine rings is 1. The molecule has 0 unspecified atom stereocenters. The second-order valence-corrected chi connectivity index (χ2v) is 10.1. The Hall–Kier alpha value is -3.56. The fourth-order valence-corrected chi connectivity index (χ4v) is 5.51. The fraction of sp³-hybridized carbons (Fsp3) is 0.321. The zero-order chi connectivity index (χ0) is 24.7. The first-order valence-corrected chi connectivity index (χ1v) is 12.2. The van der Waals surface area contributed by atoms with Gasteiger partial charge in [-0.15, -0.1) is 0 Å². The van der Waals surface area contributed by atoms with Crippen LogP contribution in [0.25, 0.3) is 22.0 Å². The summed E-state index contributed by atoms with van der Waals surface area (Å²) < 4.78 is 5.93. The van der Waals surface area contributed by atoms with E-state index in [0.29, 0.717) is 29.5 Å². The number of benzene rings is 2. The van der Waals surface area contributed by atoms with Crippen LogP contribution in [0.5, 0.6) is 5.75 Å². The maximum atomic E-state index is 12.0. The maximum Gasteiger partial charge on any atom is 0.245 e. The predicted octanol–water partition coefficient (Wildman–Crippen LogP) is 5.44. The molecular weight excluding hydrogens is 460 g/mol. The molecule has 7 heteroatoms. The Morgan fingerprint density at radius 2 is 2.03 bits per heavy atom. The molecule has 5 rings (SSSR count). The number of aromatic nitrogens is 1. The van der Waals surface area contributed by atoms with Crippen LogP contribution in [-0.2, 0) is 4.79 Å². The van der Waals surface area contributed by atoms with Gasteiger partial charge < -0.3 is 14.5 Å². The van der Waals surface area contributed by atoms with E-state index in [1.54, 1.807) is 0 Å². The standard InChI is InChI=1S/C28H27ClN4O2/c1-4-25(34)33-16-28(17-33)11-12-32(15-28)27-22(14-30)26(20-7-5-6-8-23(20)29)21-10-9-19(35-18(2)3)13-24(21)31-27/h4-10,13,18H,1,11-12,15-17H2,2-3H3. The number of fused-ring (bicyclic) bond motifs is 1. The monoisotopic (exact) mass is 486 g/mol. The largest absolute Gasteiger partial charge is 0.491 e. The molecule has 1 amide bonds. The van der Waals surface area contributed by atoms with Crippen LogP contribution in [0.2, 0.25) is 5.02 Å². The van der Waals surface area contributed by atoms with Gasteiger partial charge in [-0.1, -0.05) is 36.4 Å². The van der Waals surface area contributed by atoms with Crippen molar-refractivity contribution in [1.82, 2.24) is 9.88 Å². The van der Waals surface area contributed by atoms with E-state index in [9.17, 15) is 10.1 Å². The molecule has 2 fully saturated rings. The van der Waals surface area contributed by atoms with Crippen LogP contribution in [-0.4, -0.2) is 48.1 Å². The summed E-state index contributed by atoms with van der Waals surface area (Å²) in [6.07, 6.45) is 2.34. The average molecular weight is 487 g/mol. The van der Waals surface area contributed by atoms with Gasteiger partial charge in [-0.2, -0.15) is 5.26 Å². The number of halogens is 1. The number of rotatable bonds is 5. The normalized spacial score (nSPS) is 16.4. The Bertz CT molecular complexity index is 1370. The molecule has 2 aliphatic rings. The molecule has 35 heavy (non-hydrogen) atoms. The number of ether oxygens (including phenoxy) is 1. The van der Waals surface area contributed by atoms with Crippen LogP contribution in [0.15, 0.2) is 55.1 Å². The van der Waals surface area contributed by atoms with Gasteiger partial charge in [0.05, 0.1) is 11.6 Å². The summed E-state index contributed by atoms with van der Waals surface area (Å²) in [5.74, 6) is 1.35. The second-order valence-electron chi connectivity index (χ2n) is 9.69. The van der Waals surface area contributed by atoms with Gasteiger partial charge in [-0.05, 0) is 44.5 Å². The summed E-state index contributed by atoms with van der Waals surface area (Å²) in [5.41, 5.74) is 2.88. The lowest BCUT2D eigenvalue weighted by atomic mass is 9.79. The minimum absolute atomic E-state index is 0.0230. The molecule has 178 valence electrons. The maximum absolute atomic E-state index is 12.0. The molecule has 2 aliphatic heterocycles. The molecule has 1 spiro atoms. The van der Waals surface area contributed by atoms with Crippen molar-refractivity contribution >= 4 is 34.2 Å². The van der Waals surface area contributed by atoms with Crippen molar-refractivity contribution in [1.29, 1.82) is 5.26 Å². The first kappa shape index (κ1) is 23.2. The van der Waals surface area contributed by atoms with E-state index in [1.165, 1.54) is 6.08 Å². The van der Waals surface area contributed by atoms with E-state index in [-0.39, 0.29) is 17.4 Å². The molecule has 2 saturated heterocycles. The molecular formula is C28H27ClN4O2. The van der Waals surface area contributed by atoms with Crippen molar-refractivity contribution in [3.05, 3.63) is 65.7 Å². The zero-order valence-corrected chi connectivity index (χ0v) is 20.7.